The number of alkyl halides is 1. The fraction of sp³-hybridized carbons (Fsp3) is 0.667. The lowest BCUT2D eigenvalue weighted by Gasteiger charge is -2.39. The predicted octanol–water partition coefficient (Wildman–Crippen LogP) is 0.523. The second-order valence-electron chi connectivity index (χ2n) is 4.08. The molecule has 1 aliphatic rings. The molecule has 0 atom stereocenters. The van der Waals surface area contributed by atoms with Crippen molar-refractivity contribution in [3.8, 4) is 0 Å². The van der Waals surface area contributed by atoms with Crippen LogP contribution in [0.4, 0.5) is 6.01 Å². The maximum Gasteiger partial charge on any atom is 0.319 e. The van der Waals surface area contributed by atoms with Gasteiger partial charge in [0.2, 0.25) is 11.8 Å². The van der Waals surface area contributed by atoms with Gasteiger partial charge >= 0.3 is 6.01 Å². The van der Waals surface area contributed by atoms with Crippen molar-refractivity contribution in [1.29, 1.82) is 0 Å². The van der Waals surface area contributed by atoms with E-state index in [2.05, 4.69) is 15.5 Å². The lowest BCUT2D eigenvalue weighted by Crippen LogP contribution is -2.62. The third-order valence-corrected chi connectivity index (χ3v) is 2.88. The van der Waals surface area contributed by atoms with Crippen molar-refractivity contribution in [2.24, 2.45) is 0 Å². The van der Waals surface area contributed by atoms with Crippen molar-refractivity contribution in [3.63, 3.8) is 0 Å². The van der Waals surface area contributed by atoms with Crippen LogP contribution < -0.4 is 10.2 Å². The van der Waals surface area contributed by atoms with Crippen LogP contribution in [0.15, 0.2) is 4.42 Å². The smallest absolute Gasteiger partial charge is 0.319 e. The van der Waals surface area contributed by atoms with E-state index in [0.717, 1.165) is 0 Å². The minimum absolute atomic E-state index is 0.0515. The van der Waals surface area contributed by atoms with Crippen LogP contribution in [0.3, 0.4) is 0 Å². The minimum Gasteiger partial charge on any atom is -0.407 e. The highest BCUT2D eigenvalue weighted by molar-refractivity contribution is 6.16. The summed E-state index contributed by atoms with van der Waals surface area (Å²) in [5.41, 5.74) is -0.686. The van der Waals surface area contributed by atoms with Crippen molar-refractivity contribution >= 4 is 23.5 Å². The summed E-state index contributed by atoms with van der Waals surface area (Å²) in [6.07, 6.45) is 0. The third-order valence-electron chi connectivity index (χ3n) is 2.65. The number of nitrogens with zero attached hydrogens (tertiary/aromatic N) is 3. The number of hydrogen-bond acceptors (Lipinski definition) is 5. The maximum absolute atomic E-state index is 11.7. The monoisotopic (exact) mass is 244 g/mol. The largest absolute Gasteiger partial charge is 0.407 e. The van der Waals surface area contributed by atoms with E-state index in [-0.39, 0.29) is 11.8 Å². The Hall–Kier alpha value is -1.30. The molecule has 0 bridgehead atoms. The second-order valence-corrected chi connectivity index (χ2v) is 4.35. The van der Waals surface area contributed by atoms with E-state index in [9.17, 15) is 4.79 Å². The van der Waals surface area contributed by atoms with Crippen LogP contribution in [-0.2, 0) is 10.7 Å². The van der Waals surface area contributed by atoms with Gasteiger partial charge in [-0.3, -0.25) is 4.79 Å². The number of hydrogen-bond donors (Lipinski definition) is 1. The van der Waals surface area contributed by atoms with E-state index in [1.54, 1.807) is 4.90 Å². The zero-order valence-electron chi connectivity index (χ0n) is 9.16. The van der Waals surface area contributed by atoms with Crippen molar-refractivity contribution in [1.82, 2.24) is 15.5 Å². The van der Waals surface area contributed by atoms with Gasteiger partial charge in [-0.1, -0.05) is 5.10 Å². The first-order chi connectivity index (χ1) is 7.55. The highest BCUT2D eigenvalue weighted by atomic mass is 35.5. The van der Waals surface area contributed by atoms with Crippen LogP contribution in [0, 0.1) is 0 Å². The minimum atomic E-state index is -0.686. The van der Waals surface area contributed by atoms with E-state index >= 15 is 0 Å². The van der Waals surface area contributed by atoms with Crippen molar-refractivity contribution in [2.45, 2.75) is 25.3 Å². The van der Waals surface area contributed by atoms with Crippen LogP contribution >= 0.6 is 11.6 Å². The first-order valence-corrected chi connectivity index (χ1v) is 5.53. The lowest BCUT2D eigenvalue weighted by atomic mass is 10.00. The molecule has 2 rings (SSSR count). The summed E-state index contributed by atoms with van der Waals surface area (Å²) in [5.74, 6) is 0.482. The summed E-state index contributed by atoms with van der Waals surface area (Å²) in [7, 11) is 0. The van der Waals surface area contributed by atoms with Crippen LogP contribution in [0.1, 0.15) is 19.7 Å². The molecule has 0 aliphatic carbocycles. The van der Waals surface area contributed by atoms with Crippen LogP contribution in [0.25, 0.3) is 0 Å². The van der Waals surface area contributed by atoms with E-state index in [1.165, 1.54) is 0 Å². The standard InChI is InChI=1S/C9H13ClN4O2/c1-9(2)7(15)11-3-4-14(9)8-13-12-6(5-10)16-8/h3-5H2,1-2H3,(H,11,15). The number of aromatic nitrogens is 2. The number of carbonyl (C=O) groups excluding carboxylic acids is 1. The molecular formula is C9H13ClN4O2. The molecule has 1 aromatic rings. The number of carbonyl (C=O) groups is 1. The summed E-state index contributed by atoms with van der Waals surface area (Å²) in [6.45, 7) is 4.83. The fourth-order valence-electron chi connectivity index (χ4n) is 1.64. The average molecular weight is 245 g/mol. The Morgan fingerprint density at radius 1 is 1.56 bits per heavy atom. The highest BCUT2D eigenvalue weighted by Gasteiger charge is 2.40. The molecule has 16 heavy (non-hydrogen) atoms. The molecule has 1 aliphatic heterocycles. The Morgan fingerprint density at radius 3 is 2.94 bits per heavy atom. The number of amides is 1. The summed E-state index contributed by atoms with van der Waals surface area (Å²) < 4.78 is 5.35. The molecule has 6 nitrogen and oxygen atoms in total. The number of halogens is 1. The molecule has 88 valence electrons. The topological polar surface area (TPSA) is 71.3 Å². The van der Waals surface area contributed by atoms with Gasteiger partial charge < -0.3 is 14.6 Å². The van der Waals surface area contributed by atoms with E-state index in [4.69, 9.17) is 16.0 Å². The molecule has 1 amide bonds. The van der Waals surface area contributed by atoms with E-state index in [1.807, 2.05) is 13.8 Å². The lowest BCUT2D eigenvalue weighted by molar-refractivity contribution is -0.126. The van der Waals surface area contributed by atoms with Gasteiger partial charge in [0.1, 0.15) is 11.4 Å². The maximum atomic E-state index is 11.7. The Kier molecular flexibility index (Phi) is 2.75. The van der Waals surface area contributed by atoms with Gasteiger partial charge in [-0.25, -0.2) is 0 Å². The SMILES string of the molecule is CC1(C)C(=O)NCCN1c1nnc(CCl)o1. The molecular weight excluding hydrogens is 232 g/mol. The number of anilines is 1. The number of rotatable bonds is 2. The molecule has 1 fully saturated rings. The van der Waals surface area contributed by atoms with E-state index in [0.29, 0.717) is 25.0 Å². The molecule has 0 spiro atoms. The highest BCUT2D eigenvalue weighted by Crippen LogP contribution is 2.24. The summed E-state index contributed by atoms with van der Waals surface area (Å²) in [5, 5.41) is 10.5. The first-order valence-electron chi connectivity index (χ1n) is 5.00. The number of nitrogens with one attached hydrogen (secondary N) is 1. The van der Waals surface area contributed by atoms with Crippen molar-refractivity contribution < 1.29 is 9.21 Å². The Balaban J connectivity index is 2.28. The molecule has 1 N–H and O–H groups in total. The van der Waals surface area contributed by atoms with Gasteiger partial charge in [0, 0.05) is 13.1 Å². The Labute approximate surface area is 98.0 Å². The molecule has 7 heteroatoms. The zero-order valence-corrected chi connectivity index (χ0v) is 9.91. The van der Waals surface area contributed by atoms with Gasteiger partial charge in [0.15, 0.2) is 0 Å². The fourth-order valence-corrected chi connectivity index (χ4v) is 1.75. The zero-order chi connectivity index (χ0) is 11.8. The van der Waals surface area contributed by atoms with Gasteiger partial charge in [0.25, 0.3) is 0 Å². The molecule has 1 saturated heterocycles. The normalized spacial score (nSPS) is 19.7. The summed E-state index contributed by atoms with van der Waals surface area (Å²) in [6, 6.07) is 0.343. The Morgan fingerprint density at radius 2 is 2.31 bits per heavy atom. The molecule has 2 heterocycles. The molecule has 0 aromatic carbocycles. The molecule has 0 radical (unpaired) electrons. The summed E-state index contributed by atoms with van der Waals surface area (Å²) in [4.78, 5) is 13.5. The van der Waals surface area contributed by atoms with Crippen molar-refractivity contribution in [2.75, 3.05) is 18.0 Å². The van der Waals surface area contributed by atoms with E-state index < -0.39 is 5.54 Å². The summed E-state index contributed by atoms with van der Waals surface area (Å²) >= 11 is 5.58. The van der Waals surface area contributed by atoms with Crippen LogP contribution in [-0.4, -0.2) is 34.7 Å². The quantitative estimate of drug-likeness (QED) is 0.768. The molecule has 0 saturated carbocycles. The first kappa shape index (κ1) is 11.2. The van der Waals surface area contributed by atoms with Crippen LogP contribution in [0.2, 0.25) is 0 Å². The van der Waals surface area contributed by atoms with Gasteiger partial charge in [-0.05, 0) is 13.8 Å². The predicted molar refractivity (Wildman–Crippen MR) is 58.3 cm³/mol. The average Bonchev–Trinajstić information content (AvgIpc) is 2.70. The number of piperazine rings is 1. The molecule has 1 aromatic heterocycles. The second kappa shape index (κ2) is 3.93. The van der Waals surface area contributed by atoms with Gasteiger partial charge in [-0.15, -0.1) is 16.7 Å². The Bertz CT molecular complexity index is 404. The van der Waals surface area contributed by atoms with Gasteiger partial charge in [0.05, 0.1) is 0 Å². The molecule has 0 unspecified atom stereocenters. The van der Waals surface area contributed by atoms with Gasteiger partial charge in [-0.2, -0.15) is 0 Å². The van der Waals surface area contributed by atoms with Crippen molar-refractivity contribution in [3.05, 3.63) is 5.89 Å². The third kappa shape index (κ3) is 1.73. The van der Waals surface area contributed by atoms with Crippen LogP contribution in [0.5, 0.6) is 0 Å².